The van der Waals surface area contributed by atoms with Crippen molar-refractivity contribution >= 4 is 11.8 Å². The summed E-state index contributed by atoms with van der Waals surface area (Å²) in [5, 5.41) is 0. The molecular formula is C28H30N2O3. The fourth-order valence-electron chi connectivity index (χ4n) is 4.35. The van der Waals surface area contributed by atoms with E-state index in [4.69, 9.17) is 4.74 Å². The molecule has 5 heteroatoms. The van der Waals surface area contributed by atoms with Crippen LogP contribution in [-0.4, -0.2) is 41.8 Å². The molecule has 1 atom stereocenters. The molecule has 2 amide bonds. The Morgan fingerprint density at radius 1 is 0.879 bits per heavy atom. The molecule has 0 aromatic heterocycles. The molecule has 0 bridgehead atoms. The van der Waals surface area contributed by atoms with E-state index in [9.17, 15) is 9.59 Å². The van der Waals surface area contributed by atoms with Gasteiger partial charge in [0.05, 0.1) is 13.0 Å². The van der Waals surface area contributed by atoms with Gasteiger partial charge in [-0.05, 0) is 48.2 Å². The van der Waals surface area contributed by atoms with Gasteiger partial charge < -0.3 is 14.5 Å². The van der Waals surface area contributed by atoms with Crippen LogP contribution in [0.2, 0.25) is 0 Å². The van der Waals surface area contributed by atoms with Crippen LogP contribution < -0.4 is 4.74 Å². The molecule has 1 saturated heterocycles. The highest BCUT2D eigenvalue weighted by Crippen LogP contribution is 2.23. The molecule has 0 N–H and O–H groups in total. The number of methoxy groups -OCH3 is 1. The van der Waals surface area contributed by atoms with Gasteiger partial charge in [-0.2, -0.15) is 0 Å². The molecule has 0 spiro atoms. The number of ether oxygens (including phenoxy) is 1. The zero-order valence-electron chi connectivity index (χ0n) is 19.0. The predicted molar refractivity (Wildman–Crippen MR) is 129 cm³/mol. The molecular weight excluding hydrogens is 412 g/mol. The van der Waals surface area contributed by atoms with Crippen molar-refractivity contribution in [1.29, 1.82) is 0 Å². The predicted octanol–water partition coefficient (Wildman–Crippen LogP) is 4.78. The summed E-state index contributed by atoms with van der Waals surface area (Å²) in [6.07, 6.45) is 1.63. The van der Waals surface area contributed by atoms with Crippen LogP contribution in [0.4, 0.5) is 0 Å². The minimum absolute atomic E-state index is 0.00198. The van der Waals surface area contributed by atoms with Gasteiger partial charge in [0.1, 0.15) is 5.75 Å². The molecule has 0 unspecified atom stereocenters. The lowest BCUT2D eigenvalue weighted by Crippen LogP contribution is -2.46. The topological polar surface area (TPSA) is 49.9 Å². The van der Waals surface area contributed by atoms with E-state index in [1.165, 1.54) is 0 Å². The van der Waals surface area contributed by atoms with Crippen molar-refractivity contribution in [3.05, 3.63) is 102 Å². The number of benzene rings is 3. The van der Waals surface area contributed by atoms with Gasteiger partial charge >= 0.3 is 0 Å². The Morgan fingerprint density at radius 2 is 1.48 bits per heavy atom. The van der Waals surface area contributed by atoms with Gasteiger partial charge in [-0.25, -0.2) is 0 Å². The number of hydrogen-bond acceptors (Lipinski definition) is 3. The Hall–Kier alpha value is -3.60. The fourth-order valence-corrected chi connectivity index (χ4v) is 4.35. The number of carbonyl (C=O) groups is 2. The van der Waals surface area contributed by atoms with E-state index >= 15 is 0 Å². The van der Waals surface area contributed by atoms with Crippen molar-refractivity contribution in [2.75, 3.05) is 20.2 Å². The average molecular weight is 443 g/mol. The highest BCUT2D eigenvalue weighted by Gasteiger charge is 2.31. The number of piperidine rings is 1. The van der Waals surface area contributed by atoms with Crippen molar-refractivity contribution in [2.24, 2.45) is 5.92 Å². The van der Waals surface area contributed by atoms with Crippen molar-refractivity contribution in [3.63, 3.8) is 0 Å². The Morgan fingerprint density at radius 3 is 2.12 bits per heavy atom. The van der Waals surface area contributed by atoms with Gasteiger partial charge in [-0.3, -0.25) is 9.59 Å². The largest absolute Gasteiger partial charge is 0.497 e. The van der Waals surface area contributed by atoms with Crippen LogP contribution in [0.25, 0.3) is 0 Å². The molecule has 3 aromatic rings. The smallest absolute Gasteiger partial charge is 0.253 e. The van der Waals surface area contributed by atoms with Gasteiger partial charge in [0.25, 0.3) is 5.91 Å². The standard InChI is InChI=1S/C28H30N2O3/c1-33-26-16-14-23(15-17-26)20-30(19-22-9-4-2-5-10-22)28(32)25-13-8-18-29(21-25)27(31)24-11-6-3-7-12-24/h2-7,9-12,14-17,25H,8,13,18-21H2,1H3/t25-/m0/s1. The van der Waals surface area contributed by atoms with Crippen molar-refractivity contribution in [3.8, 4) is 5.75 Å². The first kappa shape index (κ1) is 22.6. The van der Waals surface area contributed by atoms with E-state index in [2.05, 4.69) is 0 Å². The lowest BCUT2D eigenvalue weighted by molar-refractivity contribution is -0.138. The van der Waals surface area contributed by atoms with Gasteiger partial charge in [-0.15, -0.1) is 0 Å². The quantitative estimate of drug-likeness (QED) is 0.529. The van der Waals surface area contributed by atoms with Crippen LogP contribution >= 0.6 is 0 Å². The number of carbonyl (C=O) groups excluding carboxylic acids is 2. The van der Waals surface area contributed by atoms with Crippen LogP contribution in [0.1, 0.15) is 34.3 Å². The molecule has 1 heterocycles. The Balaban J connectivity index is 1.51. The number of likely N-dealkylation sites (tertiary alicyclic amines) is 1. The number of amides is 2. The summed E-state index contributed by atoms with van der Waals surface area (Å²) in [6.45, 7) is 2.20. The summed E-state index contributed by atoms with van der Waals surface area (Å²) in [4.78, 5) is 30.4. The SMILES string of the molecule is COc1ccc(CN(Cc2ccccc2)C(=O)[C@H]2CCCN(C(=O)c3ccccc3)C2)cc1. The van der Waals surface area contributed by atoms with Crippen LogP contribution in [0, 0.1) is 5.92 Å². The van der Waals surface area contributed by atoms with Crippen LogP contribution in [0.15, 0.2) is 84.9 Å². The van der Waals surface area contributed by atoms with E-state index in [0.29, 0.717) is 31.7 Å². The van der Waals surface area contributed by atoms with Gasteiger partial charge in [0.15, 0.2) is 0 Å². The summed E-state index contributed by atoms with van der Waals surface area (Å²) in [7, 11) is 1.64. The fraction of sp³-hybridized carbons (Fsp3) is 0.286. The summed E-state index contributed by atoms with van der Waals surface area (Å²) < 4.78 is 5.27. The summed E-state index contributed by atoms with van der Waals surface area (Å²) >= 11 is 0. The second-order valence-corrected chi connectivity index (χ2v) is 8.48. The van der Waals surface area contributed by atoms with Gasteiger partial charge in [0, 0.05) is 31.7 Å². The third-order valence-corrected chi connectivity index (χ3v) is 6.14. The van der Waals surface area contributed by atoms with E-state index in [0.717, 1.165) is 29.7 Å². The molecule has 4 rings (SSSR count). The average Bonchev–Trinajstić information content (AvgIpc) is 2.89. The van der Waals surface area contributed by atoms with E-state index in [1.54, 1.807) is 7.11 Å². The van der Waals surface area contributed by atoms with Crippen LogP contribution in [-0.2, 0) is 17.9 Å². The zero-order valence-corrected chi connectivity index (χ0v) is 19.0. The molecule has 5 nitrogen and oxygen atoms in total. The minimum atomic E-state index is -0.201. The summed E-state index contributed by atoms with van der Waals surface area (Å²) in [5.41, 5.74) is 2.81. The van der Waals surface area contributed by atoms with Gasteiger partial charge in [-0.1, -0.05) is 60.7 Å². The lowest BCUT2D eigenvalue weighted by atomic mass is 9.95. The maximum absolute atomic E-state index is 13.7. The maximum atomic E-state index is 13.7. The highest BCUT2D eigenvalue weighted by molar-refractivity contribution is 5.94. The van der Waals surface area contributed by atoms with Crippen molar-refractivity contribution < 1.29 is 14.3 Å². The molecule has 1 fully saturated rings. The maximum Gasteiger partial charge on any atom is 0.253 e. The molecule has 0 aliphatic carbocycles. The number of rotatable bonds is 7. The first-order chi connectivity index (χ1) is 16.1. The molecule has 0 radical (unpaired) electrons. The first-order valence-corrected chi connectivity index (χ1v) is 11.4. The Bertz CT molecular complexity index is 1050. The molecule has 1 aliphatic rings. The van der Waals surface area contributed by atoms with Crippen molar-refractivity contribution in [2.45, 2.75) is 25.9 Å². The van der Waals surface area contributed by atoms with Crippen LogP contribution in [0.5, 0.6) is 5.75 Å². The molecule has 0 saturated carbocycles. The molecule has 3 aromatic carbocycles. The molecule has 33 heavy (non-hydrogen) atoms. The first-order valence-electron chi connectivity index (χ1n) is 11.4. The Labute approximate surface area is 195 Å². The number of hydrogen-bond donors (Lipinski definition) is 0. The van der Waals surface area contributed by atoms with Gasteiger partial charge in [0.2, 0.25) is 5.91 Å². The van der Waals surface area contributed by atoms with E-state index < -0.39 is 0 Å². The summed E-state index contributed by atoms with van der Waals surface area (Å²) in [6, 6.07) is 27.2. The second-order valence-electron chi connectivity index (χ2n) is 8.48. The zero-order chi connectivity index (χ0) is 23.0. The minimum Gasteiger partial charge on any atom is -0.497 e. The molecule has 1 aliphatic heterocycles. The second kappa shape index (κ2) is 10.8. The third kappa shape index (κ3) is 5.80. The highest BCUT2D eigenvalue weighted by atomic mass is 16.5. The third-order valence-electron chi connectivity index (χ3n) is 6.14. The summed E-state index contributed by atoms with van der Waals surface area (Å²) in [5.74, 6) is 0.688. The normalized spacial score (nSPS) is 15.7. The van der Waals surface area contributed by atoms with E-state index in [1.807, 2.05) is 94.7 Å². The van der Waals surface area contributed by atoms with Crippen LogP contribution in [0.3, 0.4) is 0 Å². The van der Waals surface area contributed by atoms with E-state index in [-0.39, 0.29) is 17.7 Å². The Kier molecular flexibility index (Phi) is 7.40. The molecule has 170 valence electrons. The van der Waals surface area contributed by atoms with Crippen molar-refractivity contribution in [1.82, 2.24) is 9.80 Å². The number of nitrogens with zero attached hydrogens (tertiary/aromatic N) is 2. The lowest BCUT2D eigenvalue weighted by Gasteiger charge is -2.35. The monoisotopic (exact) mass is 442 g/mol.